The quantitative estimate of drug-likeness (QED) is 0.785. The van der Waals surface area contributed by atoms with Crippen molar-refractivity contribution < 1.29 is 8.42 Å². The summed E-state index contributed by atoms with van der Waals surface area (Å²) in [5, 5.41) is 3.28. The minimum atomic E-state index is -3.07. The molecule has 0 aliphatic carbocycles. The summed E-state index contributed by atoms with van der Waals surface area (Å²) in [5.41, 5.74) is 0. The molecule has 6 heteroatoms. The van der Waals surface area contributed by atoms with Crippen LogP contribution in [-0.4, -0.2) is 69.2 Å². The third-order valence-corrected chi connectivity index (χ3v) is 6.17. The van der Waals surface area contributed by atoms with E-state index in [0.717, 1.165) is 32.5 Å². The Morgan fingerprint density at radius 3 is 2.72 bits per heavy atom. The lowest BCUT2D eigenvalue weighted by molar-refractivity contribution is 0.159. The second-order valence-electron chi connectivity index (χ2n) is 5.68. The minimum Gasteiger partial charge on any atom is -0.316 e. The Kier molecular flexibility index (Phi) is 4.64. The topological polar surface area (TPSA) is 52.7 Å². The first-order chi connectivity index (χ1) is 8.49. The first-order valence-electron chi connectivity index (χ1n) is 6.88. The molecule has 2 atom stereocenters. The van der Waals surface area contributed by atoms with Gasteiger partial charge in [0, 0.05) is 25.7 Å². The summed E-state index contributed by atoms with van der Waals surface area (Å²) in [6.07, 6.45) is 2.13. The smallest absolute Gasteiger partial charge is 0.214 e. The Morgan fingerprint density at radius 2 is 2.11 bits per heavy atom. The maximum Gasteiger partial charge on any atom is 0.214 e. The van der Waals surface area contributed by atoms with Crippen LogP contribution in [0, 0.1) is 5.92 Å². The van der Waals surface area contributed by atoms with Crippen LogP contribution < -0.4 is 5.32 Å². The molecular formula is C12H25N3O2S. The zero-order chi connectivity index (χ0) is 13.2. The highest BCUT2D eigenvalue weighted by Gasteiger charge is 2.31. The molecule has 18 heavy (non-hydrogen) atoms. The molecule has 0 aromatic heterocycles. The summed E-state index contributed by atoms with van der Waals surface area (Å²) >= 11 is 0. The molecule has 2 unspecified atom stereocenters. The van der Waals surface area contributed by atoms with Crippen LogP contribution in [0.5, 0.6) is 0 Å². The Hall–Kier alpha value is -0.170. The van der Waals surface area contributed by atoms with Gasteiger partial charge in [-0.25, -0.2) is 8.42 Å². The Labute approximate surface area is 111 Å². The van der Waals surface area contributed by atoms with E-state index in [-0.39, 0.29) is 0 Å². The first-order valence-corrected chi connectivity index (χ1v) is 8.49. The van der Waals surface area contributed by atoms with E-state index >= 15 is 0 Å². The van der Waals surface area contributed by atoms with Crippen molar-refractivity contribution in [2.24, 2.45) is 5.92 Å². The fourth-order valence-corrected chi connectivity index (χ4v) is 4.63. The van der Waals surface area contributed by atoms with Crippen molar-refractivity contribution in [3.8, 4) is 0 Å². The largest absolute Gasteiger partial charge is 0.316 e. The molecule has 2 aliphatic rings. The summed E-state index contributed by atoms with van der Waals surface area (Å²) in [4.78, 5) is 2.22. The third kappa shape index (κ3) is 3.44. The third-order valence-electron chi connectivity index (χ3n) is 4.16. The lowest BCUT2D eigenvalue weighted by Crippen LogP contribution is -2.53. The van der Waals surface area contributed by atoms with Crippen LogP contribution in [0.1, 0.15) is 19.8 Å². The number of piperidine rings is 1. The molecule has 0 saturated carbocycles. The number of rotatable bonds is 3. The van der Waals surface area contributed by atoms with E-state index in [1.54, 1.807) is 4.31 Å². The summed E-state index contributed by atoms with van der Waals surface area (Å²) in [7, 11) is -1.02. The molecule has 0 radical (unpaired) electrons. The SMILES string of the molecule is CC1CN(S(=O)(=O)CC2CCCNC2)CCN1C. The van der Waals surface area contributed by atoms with Gasteiger partial charge < -0.3 is 10.2 Å². The van der Waals surface area contributed by atoms with Crippen LogP contribution in [0.3, 0.4) is 0 Å². The van der Waals surface area contributed by atoms with E-state index in [2.05, 4.69) is 24.2 Å². The maximum atomic E-state index is 12.4. The summed E-state index contributed by atoms with van der Waals surface area (Å²) in [5.74, 6) is 0.606. The standard InChI is InChI=1S/C12H25N3O2S/c1-11-9-15(7-6-14(11)2)18(16,17)10-12-4-3-5-13-8-12/h11-13H,3-10H2,1-2H3. The predicted molar refractivity (Wildman–Crippen MR) is 73.0 cm³/mol. The lowest BCUT2D eigenvalue weighted by atomic mass is 10.0. The monoisotopic (exact) mass is 275 g/mol. The summed E-state index contributed by atoms with van der Waals surface area (Å²) in [6, 6.07) is 0.318. The van der Waals surface area contributed by atoms with Gasteiger partial charge in [0.05, 0.1) is 5.75 Å². The number of nitrogens with zero attached hydrogens (tertiary/aromatic N) is 2. The van der Waals surface area contributed by atoms with Crippen molar-refractivity contribution in [3.05, 3.63) is 0 Å². The fourth-order valence-electron chi connectivity index (χ4n) is 2.74. The number of hydrogen-bond donors (Lipinski definition) is 1. The molecule has 2 fully saturated rings. The van der Waals surface area contributed by atoms with Crippen LogP contribution in [0.25, 0.3) is 0 Å². The van der Waals surface area contributed by atoms with E-state index in [9.17, 15) is 8.42 Å². The van der Waals surface area contributed by atoms with Crippen molar-refractivity contribution in [2.75, 3.05) is 45.5 Å². The Balaban J connectivity index is 1.93. The van der Waals surface area contributed by atoms with Crippen molar-refractivity contribution in [2.45, 2.75) is 25.8 Å². The lowest BCUT2D eigenvalue weighted by Gasteiger charge is -2.37. The molecule has 0 bridgehead atoms. The van der Waals surface area contributed by atoms with Crippen LogP contribution in [0.4, 0.5) is 0 Å². The molecule has 2 aliphatic heterocycles. The molecule has 1 N–H and O–H groups in total. The zero-order valence-corrected chi connectivity index (χ0v) is 12.2. The molecule has 0 aromatic carbocycles. The van der Waals surface area contributed by atoms with Gasteiger partial charge in [-0.3, -0.25) is 0 Å². The molecule has 2 heterocycles. The summed E-state index contributed by atoms with van der Waals surface area (Å²) in [6.45, 7) is 6.08. The number of hydrogen-bond acceptors (Lipinski definition) is 4. The number of likely N-dealkylation sites (N-methyl/N-ethyl adjacent to an activating group) is 1. The second-order valence-corrected chi connectivity index (χ2v) is 7.69. The van der Waals surface area contributed by atoms with Gasteiger partial charge >= 0.3 is 0 Å². The molecule has 2 saturated heterocycles. The van der Waals surface area contributed by atoms with E-state index < -0.39 is 10.0 Å². The number of sulfonamides is 1. The Bertz CT molecular complexity index is 366. The summed E-state index contributed by atoms with van der Waals surface area (Å²) < 4.78 is 26.5. The van der Waals surface area contributed by atoms with Gasteiger partial charge in [-0.15, -0.1) is 0 Å². The number of nitrogens with one attached hydrogen (secondary N) is 1. The van der Waals surface area contributed by atoms with Crippen LogP contribution in [-0.2, 0) is 10.0 Å². The number of piperazine rings is 1. The first kappa shape index (κ1) is 14.2. The van der Waals surface area contributed by atoms with Gasteiger partial charge in [0.15, 0.2) is 0 Å². The molecule has 0 spiro atoms. The van der Waals surface area contributed by atoms with Gasteiger partial charge in [-0.1, -0.05) is 0 Å². The molecule has 0 aromatic rings. The molecule has 2 rings (SSSR count). The van der Waals surface area contributed by atoms with Crippen LogP contribution in [0.2, 0.25) is 0 Å². The van der Waals surface area contributed by atoms with Crippen molar-refractivity contribution in [3.63, 3.8) is 0 Å². The highest BCUT2D eigenvalue weighted by atomic mass is 32.2. The van der Waals surface area contributed by atoms with Crippen LogP contribution in [0.15, 0.2) is 0 Å². The van der Waals surface area contributed by atoms with E-state index in [1.165, 1.54) is 0 Å². The fraction of sp³-hybridized carbons (Fsp3) is 1.00. The highest BCUT2D eigenvalue weighted by Crippen LogP contribution is 2.17. The van der Waals surface area contributed by atoms with Crippen molar-refractivity contribution >= 4 is 10.0 Å². The van der Waals surface area contributed by atoms with Crippen molar-refractivity contribution in [1.82, 2.24) is 14.5 Å². The molecule has 0 amide bonds. The molecule has 106 valence electrons. The predicted octanol–water partition coefficient (Wildman–Crippen LogP) is -0.0483. The normalized spacial score (nSPS) is 32.6. The van der Waals surface area contributed by atoms with Gasteiger partial charge in [-0.05, 0) is 45.8 Å². The van der Waals surface area contributed by atoms with Gasteiger partial charge in [-0.2, -0.15) is 4.31 Å². The average molecular weight is 275 g/mol. The minimum absolute atomic E-state index is 0.290. The van der Waals surface area contributed by atoms with E-state index in [4.69, 9.17) is 0 Å². The van der Waals surface area contributed by atoms with Gasteiger partial charge in [0.2, 0.25) is 10.0 Å². The maximum absolute atomic E-state index is 12.4. The Morgan fingerprint density at radius 1 is 1.33 bits per heavy atom. The van der Waals surface area contributed by atoms with Gasteiger partial charge in [0.1, 0.15) is 0 Å². The zero-order valence-electron chi connectivity index (χ0n) is 11.4. The van der Waals surface area contributed by atoms with E-state index in [1.807, 2.05) is 0 Å². The van der Waals surface area contributed by atoms with Crippen molar-refractivity contribution in [1.29, 1.82) is 0 Å². The average Bonchev–Trinajstić information content (AvgIpc) is 2.33. The van der Waals surface area contributed by atoms with Gasteiger partial charge in [0.25, 0.3) is 0 Å². The highest BCUT2D eigenvalue weighted by molar-refractivity contribution is 7.89. The van der Waals surface area contributed by atoms with E-state index in [0.29, 0.717) is 30.8 Å². The molecule has 5 nitrogen and oxygen atoms in total. The molecular weight excluding hydrogens is 250 g/mol. The second kappa shape index (κ2) is 5.86. The van der Waals surface area contributed by atoms with Crippen LogP contribution >= 0.6 is 0 Å².